The lowest BCUT2D eigenvalue weighted by Crippen LogP contribution is -2.65. The van der Waals surface area contributed by atoms with Crippen molar-refractivity contribution in [2.45, 2.75) is 155 Å². The molecule has 4 aliphatic rings. The van der Waals surface area contributed by atoms with E-state index in [2.05, 4.69) is 21.3 Å². The number of hydrogen-bond donors (Lipinski definition) is 17. The van der Waals surface area contributed by atoms with Gasteiger partial charge >= 0.3 is 0 Å². The molecular weight excluding hydrogens is 946 g/mol. The van der Waals surface area contributed by atoms with Crippen molar-refractivity contribution in [2.24, 2.45) is 0 Å². The van der Waals surface area contributed by atoms with Crippen molar-refractivity contribution in [3.63, 3.8) is 0 Å². The number of nitrogens with zero attached hydrogens (tertiary/aromatic N) is 1. The van der Waals surface area contributed by atoms with Gasteiger partial charge in [-0.2, -0.15) is 0 Å². The fourth-order valence-electron chi connectivity index (χ4n) is 7.87. The van der Waals surface area contributed by atoms with Gasteiger partial charge in [-0.15, -0.1) is 0 Å². The summed E-state index contributed by atoms with van der Waals surface area (Å²) in [5.41, 5.74) is 0. The predicted octanol–water partition coefficient (Wildman–Crippen LogP) is -10.3. The summed E-state index contributed by atoms with van der Waals surface area (Å²) < 4.78 is 44.5. The van der Waals surface area contributed by atoms with Gasteiger partial charge < -0.3 is 126 Å². The van der Waals surface area contributed by atoms with Crippen molar-refractivity contribution in [1.82, 2.24) is 26.2 Å². The molecule has 0 aromatic heterocycles. The Morgan fingerprint density at radius 2 is 1.03 bits per heavy atom. The Hall–Kier alpha value is -2.51. The summed E-state index contributed by atoms with van der Waals surface area (Å²) in [6.07, 6.45) is -29.7. The average molecular weight is 1020 g/mol. The lowest BCUT2D eigenvalue weighted by atomic mass is 9.96. The number of amides is 3. The summed E-state index contributed by atoms with van der Waals surface area (Å²) in [4.78, 5) is 39.0. The van der Waals surface area contributed by atoms with Gasteiger partial charge in [-0.1, -0.05) is 6.42 Å². The molecule has 17 N–H and O–H groups in total. The largest absolute Gasteiger partial charge is 0.394 e. The Morgan fingerprint density at radius 3 is 1.63 bits per heavy atom. The number of unbranched alkanes of at least 4 members (excludes halogenated alkanes) is 2. The Balaban J connectivity index is 1.33. The molecule has 4 fully saturated rings. The average Bonchev–Trinajstić information content (AvgIpc) is 3.34. The van der Waals surface area contributed by atoms with Gasteiger partial charge in [0.15, 0.2) is 25.2 Å². The number of carbonyl (C=O) groups excluding carboxylic acids is 3. The van der Waals surface area contributed by atoms with Gasteiger partial charge in [0.25, 0.3) is 0 Å². The van der Waals surface area contributed by atoms with E-state index < -0.39 is 149 Å². The lowest BCUT2D eigenvalue weighted by Gasteiger charge is -2.46. The van der Waals surface area contributed by atoms with Crippen LogP contribution in [0.2, 0.25) is 0 Å². The first-order valence-electron chi connectivity index (χ1n) is 23.3. The number of nitrogens with one attached hydrogen (secondary N) is 4. The molecule has 4 rings (SSSR count). The van der Waals surface area contributed by atoms with Gasteiger partial charge in [0.2, 0.25) is 17.7 Å². The number of rotatable bonds is 28. The maximum Gasteiger partial charge on any atom is 0.234 e. The van der Waals surface area contributed by atoms with E-state index in [9.17, 15) is 80.8 Å². The second-order valence-corrected chi connectivity index (χ2v) is 17.4. The normalized spacial score (nSPS) is 38.1. The third-order valence-electron chi connectivity index (χ3n) is 12.2. The first-order chi connectivity index (χ1) is 33.3. The van der Waals surface area contributed by atoms with Gasteiger partial charge in [-0.3, -0.25) is 19.3 Å². The maximum absolute atomic E-state index is 13.0. The minimum absolute atomic E-state index is 0.0363. The van der Waals surface area contributed by atoms with Crippen LogP contribution in [-0.2, 0) is 52.3 Å². The van der Waals surface area contributed by atoms with E-state index in [1.54, 1.807) is 11.9 Å². The molecule has 0 aromatic carbocycles. The van der Waals surface area contributed by atoms with Gasteiger partial charge in [0.1, 0.15) is 91.6 Å². The highest BCUT2D eigenvalue weighted by molar-refractivity contribution is 5.81. The summed E-state index contributed by atoms with van der Waals surface area (Å²) in [5.74, 6) is -0.947. The highest BCUT2D eigenvalue weighted by atomic mass is 16.8. The van der Waals surface area contributed by atoms with Crippen LogP contribution in [0.1, 0.15) is 32.6 Å². The first kappa shape index (κ1) is 60.0. The van der Waals surface area contributed by atoms with Crippen molar-refractivity contribution in [1.29, 1.82) is 0 Å². The molecule has 0 spiro atoms. The van der Waals surface area contributed by atoms with Crippen LogP contribution in [0.15, 0.2) is 0 Å². The van der Waals surface area contributed by atoms with Gasteiger partial charge in [0.05, 0.1) is 52.2 Å². The Morgan fingerprint density at radius 1 is 0.514 bits per heavy atom. The molecule has 0 aliphatic carbocycles. The maximum atomic E-state index is 13.0. The minimum atomic E-state index is -1.93. The van der Waals surface area contributed by atoms with Crippen LogP contribution in [0, 0.1) is 0 Å². The van der Waals surface area contributed by atoms with Crippen LogP contribution in [-0.4, -0.2) is 298 Å². The highest BCUT2D eigenvalue weighted by Crippen LogP contribution is 2.31. The zero-order valence-electron chi connectivity index (χ0n) is 39.1. The van der Waals surface area contributed by atoms with Gasteiger partial charge in [-0.05, 0) is 19.8 Å². The summed E-state index contributed by atoms with van der Waals surface area (Å²) in [7, 11) is 1.55. The number of ether oxygens (including phenoxy) is 8. The van der Waals surface area contributed by atoms with E-state index in [0.717, 1.165) is 0 Å². The second kappa shape index (κ2) is 30.0. The summed E-state index contributed by atoms with van der Waals surface area (Å²) in [6, 6.07) is 0. The molecule has 408 valence electrons. The molecule has 0 unspecified atom stereocenters. The number of aliphatic hydroxyl groups is 13. The molecule has 0 bridgehead atoms. The molecule has 70 heavy (non-hydrogen) atoms. The standard InChI is InChI=1S/C41H75N5O24/c1-19-26(52)30(56)33(59)38(66-19)64-13-10-45-25(51)15-46(14-24(50)44-7-5-3-4-6-23(49)42-2)11-8-43-9-12-63-40-36(62)37(70-41-35(61)32(58)28(54)21(17-48)68-41)29(55)22(69-40)18-65-39-34(60)31(57)27(53)20(16-47)67-39/h19-22,26-41,43,47-48,52-62H,3-18H2,1-2H3,(H,42,49)(H,44,50)(H,45,51)/t19-,20+,21+,22+,26+,27+,28+,29+,30+,31-,32-,33-,34-,35-,36-,37-,38+,39-,40-,41+/m0/s1. The minimum Gasteiger partial charge on any atom is -0.394 e. The Kier molecular flexibility index (Phi) is 25.7. The van der Waals surface area contributed by atoms with E-state index in [0.29, 0.717) is 32.2 Å². The van der Waals surface area contributed by atoms with E-state index in [-0.39, 0.29) is 64.3 Å². The fraction of sp³-hybridized carbons (Fsp3) is 0.927. The van der Waals surface area contributed by atoms with Crippen LogP contribution in [0.25, 0.3) is 0 Å². The van der Waals surface area contributed by atoms with Gasteiger partial charge in [-0.25, -0.2) is 0 Å². The predicted molar refractivity (Wildman–Crippen MR) is 231 cm³/mol. The monoisotopic (exact) mass is 1020 g/mol. The topological polar surface area (TPSA) is 439 Å². The van der Waals surface area contributed by atoms with E-state index >= 15 is 0 Å². The zero-order valence-corrected chi connectivity index (χ0v) is 39.1. The summed E-state index contributed by atoms with van der Waals surface area (Å²) in [6.45, 7) is -0.788. The molecule has 20 atom stereocenters. The van der Waals surface area contributed by atoms with Crippen LogP contribution in [0.5, 0.6) is 0 Å². The molecule has 0 aromatic rings. The molecular formula is C41H75N5O24. The molecule has 4 aliphatic heterocycles. The third kappa shape index (κ3) is 17.3. The SMILES string of the molecule is CNC(=O)CCCCCNC(=O)CN(CCNCCO[C@H]1O[C@H](CO[C@H]2O[C@H](CO)[C@@H](O)[C@H](O)[C@@H]2O)[C@@H](O)[C@H](O[C@H]2O[C@H](CO)[C@@H](O)[C@H](O)[C@@H]2O)[C@@H]1O)CC(=O)NCCO[C@@H]1O[C@@H](C)[C@@H](O)[C@@H](O)[C@@H]1O. The van der Waals surface area contributed by atoms with Crippen molar-refractivity contribution < 1.29 is 119 Å². The van der Waals surface area contributed by atoms with E-state index in [1.165, 1.54) is 6.92 Å². The number of hydrogen-bond acceptors (Lipinski definition) is 26. The van der Waals surface area contributed by atoms with Crippen LogP contribution in [0.3, 0.4) is 0 Å². The van der Waals surface area contributed by atoms with Gasteiger partial charge in [0, 0.05) is 46.2 Å². The summed E-state index contributed by atoms with van der Waals surface area (Å²) >= 11 is 0. The second-order valence-electron chi connectivity index (χ2n) is 17.4. The smallest absolute Gasteiger partial charge is 0.234 e. The molecule has 0 saturated carbocycles. The molecule has 3 amide bonds. The first-order valence-corrected chi connectivity index (χ1v) is 23.3. The fourth-order valence-corrected chi connectivity index (χ4v) is 7.87. The third-order valence-corrected chi connectivity index (χ3v) is 12.2. The molecule has 4 saturated heterocycles. The summed E-state index contributed by atoms with van der Waals surface area (Å²) in [5, 5.41) is 145. The van der Waals surface area contributed by atoms with Crippen molar-refractivity contribution in [3.05, 3.63) is 0 Å². The molecule has 29 heteroatoms. The van der Waals surface area contributed by atoms with E-state index in [4.69, 9.17) is 37.9 Å². The zero-order chi connectivity index (χ0) is 51.7. The van der Waals surface area contributed by atoms with Crippen molar-refractivity contribution in [2.75, 3.05) is 85.9 Å². The highest BCUT2D eigenvalue weighted by Gasteiger charge is 2.52. The van der Waals surface area contributed by atoms with Crippen molar-refractivity contribution >= 4 is 17.7 Å². The molecule has 0 radical (unpaired) electrons. The number of carbonyl (C=O) groups is 3. The lowest BCUT2D eigenvalue weighted by molar-refractivity contribution is -0.366. The van der Waals surface area contributed by atoms with E-state index in [1.807, 2.05) is 0 Å². The van der Waals surface area contributed by atoms with Crippen molar-refractivity contribution in [3.8, 4) is 0 Å². The Labute approximate surface area is 403 Å². The molecule has 29 nitrogen and oxygen atoms in total. The van der Waals surface area contributed by atoms with Crippen LogP contribution < -0.4 is 21.3 Å². The Bertz CT molecular complexity index is 1550. The molecule has 4 heterocycles. The quantitative estimate of drug-likeness (QED) is 0.0324. The van der Waals surface area contributed by atoms with Crippen LogP contribution in [0.4, 0.5) is 0 Å². The number of aliphatic hydroxyl groups excluding tert-OH is 13. The van der Waals surface area contributed by atoms with Crippen LogP contribution >= 0.6 is 0 Å².